The van der Waals surface area contributed by atoms with E-state index in [4.69, 9.17) is 5.73 Å². The Morgan fingerprint density at radius 3 is 2.76 bits per heavy atom. The van der Waals surface area contributed by atoms with Crippen molar-refractivity contribution in [1.29, 1.82) is 0 Å². The van der Waals surface area contributed by atoms with Crippen molar-refractivity contribution in [2.45, 2.75) is 18.5 Å². The lowest BCUT2D eigenvalue weighted by Gasteiger charge is -2.02. The van der Waals surface area contributed by atoms with Crippen LogP contribution in [0.5, 0.6) is 0 Å². The Morgan fingerprint density at radius 2 is 2.12 bits per heavy atom. The second-order valence-corrected chi connectivity index (χ2v) is 4.29. The van der Waals surface area contributed by atoms with Gasteiger partial charge in [-0.1, -0.05) is 18.7 Å². The van der Waals surface area contributed by atoms with Crippen LogP contribution >= 0.6 is 11.8 Å². The summed E-state index contributed by atoms with van der Waals surface area (Å²) in [5.74, 6) is 0.831. The van der Waals surface area contributed by atoms with Gasteiger partial charge in [-0.25, -0.2) is 4.98 Å². The van der Waals surface area contributed by atoms with Gasteiger partial charge in [0.2, 0.25) is 5.95 Å². The molecule has 0 spiro atoms. The lowest BCUT2D eigenvalue weighted by molar-refractivity contribution is 0.746. The Labute approximate surface area is 104 Å². The summed E-state index contributed by atoms with van der Waals surface area (Å²) in [6.07, 6.45) is 4.64. The van der Waals surface area contributed by atoms with Crippen molar-refractivity contribution in [3.63, 3.8) is 0 Å². The minimum Gasteiger partial charge on any atom is -0.368 e. The number of anilines is 1. The number of nitrogens with zero attached hydrogens (tertiary/aromatic N) is 5. The summed E-state index contributed by atoms with van der Waals surface area (Å²) >= 11 is 1.44. The van der Waals surface area contributed by atoms with Crippen molar-refractivity contribution in [3.05, 3.63) is 11.9 Å². The van der Waals surface area contributed by atoms with Crippen LogP contribution in [-0.4, -0.2) is 31.0 Å². The van der Waals surface area contributed by atoms with Crippen molar-refractivity contribution in [3.8, 4) is 11.4 Å². The van der Waals surface area contributed by atoms with Crippen LogP contribution in [0.4, 0.5) is 5.95 Å². The summed E-state index contributed by atoms with van der Waals surface area (Å²) in [6, 6.07) is 0. The lowest BCUT2D eigenvalue weighted by atomic mass is 10.2. The van der Waals surface area contributed by atoms with Gasteiger partial charge in [-0.15, -0.1) is 0 Å². The van der Waals surface area contributed by atoms with E-state index in [1.165, 1.54) is 11.8 Å². The van der Waals surface area contributed by atoms with Crippen molar-refractivity contribution >= 4 is 17.7 Å². The highest BCUT2D eigenvalue weighted by atomic mass is 32.2. The van der Waals surface area contributed by atoms with Crippen molar-refractivity contribution in [2.75, 3.05) is 12.0 Å². The molecule has 0 unspecified atom stereocenters. The maximum atomic E-state index is 5.67. The van der Waals surface area contributed by atoms with E-state index in [1.807, 2.05) is 26.4 Å². The molecule has 0 amide bonds. The molecule has 7 heteroatoms. The molecule has 0 aromatic carbocycles. The van der Waals surface area contributed by atoms with Gasteiger partial charge < -0.3 is 5.73 Å². The average molecular weight is 250 g/mol. The summed E-state index contributed by atoms with van der Waals surface area (Å²) in [7, 11) is 1.88. The van der Waals surface area contributed by atoms with Gasteiger partial charge in [-0.05, 0) is 12.7 Å². The van der Waals surface area contributed by atoms with E-state index in [1.54, 1.807) is 4.68 Å². The highest BCUT2D eigenvalue weighted by molar-refractivity contribution is 7.98. The van der Waals surface area contributed by atoms with Crippen LogP contribution in [-0.2, 0) is 13.5 Å². The first-order valence-electron chi connectivity index (χ1n) is 5.22. The number of aromatic nitrogens is 5. The van der Waals surface area contributed by atoms with E-state index in [-0.39, 0.29) is 5.95 Å². The predicted molar refractivity (Wildman–Crippen MR) is 67.6 cm³/mol. The molecule has 0 aliphatic carbocycles. The third-order valence-electron chi connectivity index (χ3n) is 2.30. The summed E-state index contributed by atoms with van der Waals surface area (Å²) in [5, 5.41) is 4.98. The second kappa shape index (κ2) is 4.70. The van der Waals surface area contributed by atoms with E-state index in [0.717, 1.165) is 17.7 Å². The number of hydrogen-bond acceptors (Lipinski definition) is 6. The van der Waals surface area contributed by atoms with Crippen molar-refractivity contribution in [2.24, 2.45) is 7.05 Å². The van der Waals surface area contributed by atoms with Crippen molar-refractivity contribution in [1.82, 2.24) is 24.7 Å². The standard InChI is InChI=1S/C10H14N6S/c1-4-7-6(5-16(2)15-7)8-12-9(11)14-10(13-8)17-3/h5H,4H2,1-3H3,(H2,11,12,13,14). The maximum absolute atomic E-state index is 5.67. The third-order valence-corrected chi connectivity index (χ3v) is 2.84. The molecule has 17 heavy (non-hydrogen) atoms. The molecule has 0 saturated carbocycles. The molecule has 2 N–H and O–H groups in total. The zero-order valence-electron chi connectivity index (χ0n) is 10.0. The molecular weight excluding hydrogens is 236 g/mol. The molecule has 0 saturated heterocycles. The van der Waals surface area contributed by atoms with Crippen LogP contribution in [0.25, 0.3) is 11.4 Å². The molecule has 2 heterocycles. The second-order valence-electron chi connectivity index (χ2n) is 3.52. The van der Waals surface area contributed by atoms with Gasteiger partial charge in [-0.2, -0.15) is 15.1 Å². The average Bonchev–Trinajstić information content (AvgIpc) is 2.69. The first-order valence-corrected chi connectivity index (χ1v) is 6.45. The number of thioether (sulfide) groups is 1. The lowest BCUT2D eigenvalue weighted by Crippen LogP contribution is -2.01. The Kier molecular flexibility index (Phi) is 3.28. The number of hydrogen-bond donors (Lipinski definition) is 1. The minimum absolute atomic E-state index is 0.241. The quantitative estimate of drug-likeness (QED) is 0.822. The van der Waals surface area contributed by atoms with Gasteiger partial charge in [0.15, 0.2) is 11.0 Å². The fourth-order valence-corrected chi connectivity index (χ4v) is 1.93. The van der Waals surface area contributed by atoms with Crippen LogP contribution in [0.1, 0.15) is 12.6 Å². The predicted octanol–water partition coefficient (Wildman–Crippen LogP) is 1.14. The number of aryl methyl sites for hydroxylation is 2. The van der Waals surface area contributed by atoms with Crippen LogP contribution in [0, 0.1) is 0 Å². The van der Waals surface area contributed by atoms with Gasteiger partial charge in [0.25, 0.3) is 0 Å². The molecular formula is C10H14N6S. The summed E-state index contributed by atoms with van der Waals surface area (Å²) < 4.78 is 1.76. The van der Waals surface area contributed by atoms with Gasteiger partial charge >= 0.3 is 0 Å². The molecule has 2 rings (SSSR count). The normalized spacial score (nSPS) is 10.8. The molecule has 0 atom stereocenters. The fraction of sp³-hybridized carbons (Fsp3) is 0.400. The first-order chi connectivity index (χ1) is 8.13. The third kappa shape index (κ3) is 2.38. The molecule has 6 nitrogen and oxygen atoms in total. The highest BCUT2D eigenvalue weighted by Gasteiger charge is 2.13. The molecule has 0 aliphatic heterocycles. The summed E-state index contributed by atoms with van der Waals surface area (Å²) in [5.41, 5.74) is 7.55. The molecule has 90 valence electrons. The molecule has 0 aliphatic rings. The monoisotopic (exact) mass is 250 g/mol. The summed E-state index contributed by atoms with van der Waals surface area (Å²) in [6.45, 7) is 2.05. The van der Waals surface area contributed by atoms with Crippen LogP contribution in [0.15, 0.2) is 11.4 Å². The Morgan fingerprint density at radius 1 is 1.35 bits per heavy atom. The number of rotatable bonds is 3. The van der Waals surface area contributed by atoms with Crippen LogP contribution in [0.3, 0.4) is 0 Å². The van der Waals surface area contributed by atoms with Gasteiger partial charge in [0, 0.05) is 13.2 Å². The van der Waals surface area contributed by atoms with E-state index < -0.39 is 0 Å². The Balaban J connectivity index is 2.55. The van der Waals surface area contributed by atoms with Crippen molar-refractivity contribution < 1.29 is 0 Å². The van der Waals surface area contributed by atoms with E-state index in [0.29, 0.717) is 11.0 Å². The zero-order chi connectivity index (χ0) is 12.4. The molecule has 2 aromatic rings. The maximum Gasteiger partial charge on any atom is 0.224 e. The van der Waals surface area contributed by atoms with Gasteiger partial charge in [0.05, 0.1) is 11.3 Å². The largest absolute Gasteiger partial charge is 0.368 e. The van der Waals surface area contributed by atoms with Crippen LogP contribution in [0.2, 0.25) is 0 Å². The van der Waals surface area contributed by atoms with Gasteiger partial charge in [0.1, 0.15) is 0 Å². The van der Waals surface area contributed by atoms with Gasteiger partial charge in [-0.3, -0.25) is 4.68 Å². The molecule has 0 bridgehead atoms. The fourth-order valence-electron chi connectivity index (χ4n) is 1.57. The Hall–Kier alpha value is -1.63. The summed E-state index contributed by atoms with van der Waals surface area (Å²) in [4.78, 5) is 12.5. The first kappa shape index (κ1) is 11.8. The minimum atomic E-state index is 0.241. The topological polar surface area (TPSA) is 82.5 Å². The van der Waals surface area contributed by atoms with Crippen LogP contribution < -0.4 is 5.73 Å². The van der Waals surface area contributed by atoms with E-state index in [2.05, 4.69) is 20.1 Å². The smallest absolute Gasteiger partial charge is 0.224 e. The molecule has 0 radical (unpaired) electrons. The highest BCUT2D eigenvalue weighted by Crippen LogP contribution is 2.21. The molecule has 0 fully saturated rings. The number of nitrogen functional groups attached to an aromatic ring is 1. The number of nitrogens with two attached hydrogens (primary N) is 1. The van der Waals surface area contributed by atoms with E-state index >= 15 is 0 Å². The molecule has 2 aromatic heterocycles. The SMILES string of the molecule is CCc1nn(C)cc1-c1nc(N)nc(SC)n1. The Bertz CT molecular complexity index is 536. The van der Waals surface area contributed by atoms with E-state index in [9.17, 15) is 0 Å². The zero-order valence-corrected chi connectivity index (χ0v) is 10.8.